The lowest BCUT2D eigenvalue weighted by Gasteiger charge is -2.21. The molecule has 0 spiro atoms. The number of ether oxygens (including phenoxy) is 1. The van der Waals surface area contributed by atoms with Crippen LogP contribution in [0.5, 0.6) is 0 Å². The van der Waals surface area contributed by atoms with Gasteiger partial charge in [-0.25, -0.2) is 9.59 Å². The van der Waals surface area contributed by atoms with Crippen LogP contribution < -0.4 is 10.6 Å². The van der Waals surface area contributed by atoms with Gasteiger partial charge in [0.15, 0.2) is 0 Å². The quantitative estimate of drug-likeness (QED) is 0.864. The van der Waals surface area contributed by atoms with E-state index in [4.69, 9.17) is 4.74 Å². The molecule has 0 aromatic heterocycles. The second kappa shape index (κ2) is 8.41. The first kappa shape index (κ1) is 17.1. The van der Waals surface area contributed by atoms with Crippen molar-refractivity contribution in [2.75, 3.05) is 30.8 Å². The van der Waals surface area contributed by atoms with Gasteiger partial charge in [0.05, 0.1) is 6.61 Å². The standard InChI is InChI=1S/C17H25N3O3/c1-3-23-17(22)19-15-10-8-14(9-11-15)18-16(21)20(2)12-13-6-4-5-7-13/h8-11,13H,3-7,12H2,1-2H3,(H,18,21)(H,19,22). The lowest BCUT2D eigenvalue weighted by molar-refractivity contribution is 0.168. The van der Waals surface area contributed by atoms with E-state index in [1.54, 1.807) is 36.1 Å². The van der Waals surface area contributed by atoms with Gasteiger partial charge in [-0.05, 0) is 49.9 Å². The summed E-state index contributed by atoms with van der Waals surface area (Å²) in [4.78, 5) is 25.2. The number of carbonyl (C=O) groups is 2. The van der Waals surface area contributed by atoms with Crippen molar-refractivity contribution in [3.05, 3.63) is 24.3 Å². The maximum absolute atomic E-state index is 12.2. The van der Waals surface area contributed by atoms with Gasteiger partial charge in [-0.3, -0.25) is 5.32 Å². The Morgan fingerprint density at radius 1 is 1.13 bits per heavy atom. The highest BCUT2D eigenvalue weighted by Gasteiger charge is 2.19. The molecule has 0 unspecified atom stereocenters. The molecule has 1 aliphatic rings. The highest BCUT2D eigenvalue weighted by atomic mass is 16.5. The Morgan fingerprint density at radius 2 is 1.70 bits per heavy atom. The van der Waals surface area contributed by atoms with Crippen molar-refractivity contribution in [2.24, 2.45) is 5.92 Å². The predicted octanol–water partition coefficient (Wildman–Crippen LogP) is 3.91. The van der Waals surface area contributed by atoms with Crippen molar-refractivity contribution in [3.63, 3.8) is 0 Å². The Hall–Kier alpha value is -2.24. The maximum Gasteiger partial charge on any atom is 0.411 e. The summed E-state index contributed by atoms with van der Waals surface area (Å²) in [5, 5.41) is 5.47. The van der Waals surface area contributed by atoms with Crippen LogP contribution >= 0.6 is 0 Å². The molecule has 0 radical (unpaired) electrons. The Morgan fingerprint density at radius 3 is 2.26 bits per heavy atom. The zero-order chi connectivity index (χ0) is 16.7. The van der Waals surface area contributed by atoms with Crippen LogP contribution in [0.4, 0.5) is 21.0 Å². The van der Waals surface area contributed by atoms with E-state index >= 15 is 0 Å². The number of rotatable bonds is 5. The van der Waals surface area contributed by atoms with Crippen LogP contribution in [0.15, 0.2) is 24.3 Å². The van der Waals surface area contributed by atoms with Gasteiger partial charge < -0.3 is 15.0 Å². The first-order valence-corrected chi connectivity index (χ1v) is 8.14. The van der Waals surface area contributed by atoms with E-state index in [-0.39, 0.29) is 6.03 Å². The Bertz CT molecular complexity index is 524. The van der Waals surface area contributed by atoms with E-state index in [2.05, 4.69) is 10.6 Å². The van der Waals surface area contributed by atoms with Crippen LogP contribution in [-0.4, -0.2) is 37.2 Å². The van der Waals surface area contributed by atoms with Crippen LogP contribution in [0.3, 0.4) is 0 Å². The largest absolute Gasteiger partial charge is 0.450 e. The molecule has 126 valence electrons. The highest BCUT2D eigenvalue weighted by Crippen LogP contribution is 2.25. The molecule has 0 bridgehead atoms. The zero-order valence-corrected chi connectivity index (χ0v) is 13.8. The smallest absolute Gasteiger partial charge is 0.411 e. The van der Waals surface area contributed by atoms with Crippen molar-refractivity contribution in [1.29, 1.82) is 0 Å². The molecule has 0 aliphatic heterocycles. The van der Waals surface area contributed by atoms with Gasteiger partial charge in [0.1, 0.15) is 0 Å². The molecular formula is C17H25N3O3. The van der Waals surface area contributed by atoms with E-state index in [0.29, 0.717) is 23.9 Å². The zero-order valence-electron chi connectivity index (χ0n) is 13.8. The van der Waals surface area contributed by atoms with E-state index in [9.17, 15) is 9.59 Å². The van der Waals surface area contributed by atoms with Crippen LogP contribution in [-0.2, 0) is 4.74 Å². The van der Waals surface area contributed by atoms with Crippen molar-refractivity contribution >= 4 is 23.5 Å². The summed E-state index contributed by atoms with van der Waals surface area (Å²) in [6, 6.07) is 6.85. The molecule has 6 heteroatoms. The third-order valence-corrected chi connectivity index (χ3v) is 4.01. The van der Waals surface area contributed by atoms with Gasteiger partial charge in [-0.2, -0.15) is 0 Å². The van der Waals surface area contributed by atoms with E-state index in [1.807, 2.05) is 7.05 Å². The van der Waals surface area contributed by atoms with Crippen LogP contribution in [0.1, 0.15) is 32.6 Å². The predicted molar refractivity (Wildman–Crippen MR) is 90.7 cm³/mol. The van der Waals surface area contributed by atoms with Crippen molar-refractivity contribution in [1.82, 2.24) is 4.90 Å². The molecular weight excluding hydrogens is 294 g/mol. The number of nitrogens with zero attached hydrogens (tertiary/aromatic N) is 1. The van der Waals surface area contributed by atoms with Crippen LogP contribution in [0.25, 0.3) is 0 Å². The van der Waals surface area contributed by atoms with Crippen LogP contribution in [0.2, 0.25) is 0 Å². The first-order chi connectivity index (χ1) is 11.1. The maximum atomic E-state index is 12.2. The minimum Gasteiger partial charge on any atom is -0.450 e. The minimum absolute atomic E-state index is 0.108. The number of amides is 3. The summed E-state index contributed by atoms with van der Waals surface area (Å²) in [6.45, 7) is 2.88. The molecule has 3 amide bonds. The summed E-state index contributed by atoms with van der Waals surface area (Å²) in [5.41, 5.74) is 1.32. The first-order valence-electron chi connectivity index (χ1n) is 8.14. The SMILES string of the molecule is CCOC(=O)Nc1ccc(NC(=O)N(C)CC2CCCC2)cc1. The van der Waals surface area contributed by atoms with Gasteiger partial charge in [0.25, 0.3) is 0 Å². The van der Waals surface area contributed by atoms with Crippen LogP contribution in [0, 0.1) is 5.92 Å². The Labute approximate surface area is 137 Å². The molecule has 1 aliphatic carbocycles. The highest BCUT2D eigenvalue weighted by molar-refractivity contribution is 5.90. The molecule has 1 saturated carbocycles. The molecule has 23 heavy (non-hydrogen) atoms. The van der Waals surface area contributed by atoms with E-state index in [1.165, 1.54) is 25.7 Å². The molecule has 1 aromatic rings. The lowest BCUT2D eigenvalue weighted by Crippen LogP contribution is -2.34. The Kier molecular flexibility index (Phi) is 6.26. The number of carbonyl (C=O) groups excluding carboxylic acids is 2. The average Bonchev–Trinajstić information content (AvgIpc) is 3.02. The topological polar surface area (TPSA) is 70.7 Å². The molecule has 1 aromatic carbocycles. The van der Waals surface area contributed by atoms with Gasteiger partial charge in [0.2, 0.25) is 0 Å². The van der Waals surface area contributed by atoms with Crippen molar-refractivity contribution in [3.8, 4) is 0 Å². The number of anilines is 2. The fourth-order valence-corrected chi connectivity index (χ4v) is 2.80. The van der Waals surface area contributed by atoms with Gasteiger partial charge in [-0.15, -0.1) is 0 Å². The summed E-state index contributed by atoms with van der Waals surface area (Å²) in [5.74, 6) is 0.627. The third-order valence-electron chi connectivity index (χ3n) is 4.01. The average molecular weight is 319 g/mol. The van der Waals surface area contributed by atoms with E-state index in [0.717, 1.165) is 6.54 Å². The molecule has 2 N–H and O–H groups in total. The summed E-state index contributed by atoms with van der Waals surface area (Å²) >= 11 is 0. The number of hydrogen-bond acceptors (Lipinski definition) is 3. The molecule has 0 atom stereocenters. The number of nitrogens with one attached hydrogen (secondary N) is 2. The molecule has 0 heterocycles. The third kappa shape index (κ3) is 5.47. The summed E-state index contributed by atoms with van der Waals surface area (Å²) < 4.78 is 4.81. The van der Waals surface area contributed by atoms with Crippen molar-refractivity contribution in [2.45, 2.75) is 32.6 Å². The van der Waals surface area contributed by atoms with Crippen molar-refractivity contribution < 1.29 is 14.3 Å². The second-order valence-electron chi connectivity index (χ2n) is 5.88. The lowest BCUT2D eigenvalue weighted by atomic mass is 10.1. The van der Waals surface area contributed by atoms with Gasteiger partial charge in [-0.1, -0.05) is 12.8 Å². The number of urea groups is 1. The molecule has 6 nitrogen and oxygen atoms in total. The monoisotopic (exact) mass is 319 g/mol. The number of hydrogen-bond donors (Lipinski definition) is 2. The molecule has 0 saturated heterocycles. The molecule has 1 fully saturated rings. The summed E-state index contributed by atoms with van der Waals surface area (Å²) in [7, 11) is 1.82. The van der Waals surface area contributed by atoms with E-state index < -0.39 is 6.09 Å². The van der Waals surface area contributed by atoms with Gasteiger partial charge in [0, 0.05) is 25.0 Å². The Balaban J connectivity index is 1.82. The second-order valence-corrected chi connectivity index (χ2v) is 5.88. The normalized spacial score (nSPS) is 14.3. The van der Waals surface area contributed by atoms with Gasteiger partial charge >= 0.3 is 12.1 Å². The fraction of sp³-hybridized carbons (Fsp3) is 0.529. The molecule has 2 rings (SSSR count). The minimum atomic E-state index is -0.486. The number of benzene rings is 1. The fourth-order valence-electron chi connectivity index (χ4n) is 2.80. The summed E-state index contributed by atoms with van der Waals surface area (Å²) in [6.07, 6.45) is 4.49.